The van der Waals surface area contributed by atoms with Crippen molar-refractivity contribution in [1.29, 1.82) is 5.26 Å². The van der Waals surface area contributed by atoms with Crippen molar-refractivity contribution in [3.8, 4) is 6.07 Å². The molecule has 14 heavy (non-hydrogen) atoms. The van der Waals surface area contributed by atoms with Crippen molar-refractivity contribution in [2.45, 2.75) is 25.2 Å². The number of nitrogens with zero attached hydrogens (tertiary/aromatic N) is 3. The van der Waals surface area contributed by atoms with Gasteiger partial charge in [0.25, 0.3) is 0 Å². The maximum absolute atomic E-state index is 9.21. The van der Waals surface area contributed by atoms with Crippen LogP contribution in [-0.2, 0) is 10.2 Å². The fraction of sp³-hybridized carbons (Fsp3) is 0.667. The highest BCUT2D eigenvalue weighted by molar-refractivity contribution is 7.11. The first-order chi connectivity index (χ1) is 6.77. The van der Waals surface area contributed by atoms with Crippen LogP contribution in [0.2, 0.25) is 0 Å². The highest BCUT2D eigenvalue weighted by Gasteiger charge is 2.38. The lowest BCUT2D eigenvalue weighted by Crippen LogP contribution is -2.34. The van der Waals surface area contributed by atoms with Crippen LogP contribution in [0.15, 0.2) is 0 Å². The van der Waals surface area contributed by atoms with E-state index in [0.717, 1.165) is 29.5 Å². The van der Waals surface area contributed by atoms with Crippen LogP contribution >= 0.6 is 11.3 Å². The number of nitriles is 1. The van der Waals surface area contributed by atoms with Crippen LogP contribution in [0.1, 0.15) is 22.9 Å². The van der Waals surface area contributed by atoms with Crippen molar-refractivity contribution in [3.63, 3.8) is 0 Å². The van der Waals surface area contributed by atoms with Crippen LogP contribution < -0.4 is 0 Å². The number of aryl methyl sites for hydroxylation is 1. The Morgan fingerprint density at radius 3 is 2.93 bits per heavy atom. The predicted octanol–water partition coefficient (Wildman–Crippen LogP) is 1.42. The molecule has 1 aliphatic heterocycles. The zero-order valence-corrected chi connectivity index (χ0v) is 8.80. The van der Waals surface area contributed by atoms with Gasteiger partial charge in [-0.3, -0.25) is 0 Å². The molecule has 2 heterocycles. The minimum absolute atomic E-state index is 0.456. The van der Waals surface area contributed by atoms with Gasteiger partial charge in [0, 0.05) is 6.61 Å². The first-order valence-corrected chi connectivity index (χ1v) is 5.38. The van der Waals surface area contributed by atoms with Crippen molar-refractivity contribution in [3.05, 3.63) is 10.0 Å². The van der Waals surface area contributed by atoms with Crippen molar-refractivity contribution in [1.82, 2.24) is 10.2 Å². The third-order valence-electron chi connectivity index (χ3n) is 2.39. The van der Waals surface area contributed by atoms with E-state index in [1.165, 1.54) is 11.3 Å². The Labute approximate surface area is 86.5 Å². The Bertz CT molecular complexity index is 362. The molecular formula is C9H11N3OS. The van der Waals surface area contributed by atoms with E-state index in [1.54, 1.807) is 0 Å². The lowest BCUT2D eigenvalue weighted by atomic mass is 9.85. The van der Waals surface area contributed by atoms with Crippen LogP contribution in [0.3, 0.4) is 0 Å². The van der Waals surface area contributed by atoms with E-state index >= 15 is 0 Å². The summed E-state index contributed by atoms with van der Waals surface area (Å²) in [7, 11) is 0. The Balaban J connectivity index is 2.32. The lowest BCUT2D eigenvalue weighted by molar-refractivity contribution is 0.0560. The van der Waals surface area contributed by atoms with Crippen LogP contribution in [0, 0.1) is 18.3 Å². The molecule has 5 heteroatoms. The molecule has 1 fully saturated rings. The van der Waals surface area contributed by atoms with Crippen LogP contribution in [0.25, 0.3) is 0 Å². The Morgan fingerprint density at radius 1 is 1.57 bits per heavy atom. The zero-order valence-electron chi connectivity index (χ0n) is 7.99. The van der Waals surface area contributed by atoms with E-state index in [4.69, 9.17) is 4.74 Å². The lowest BCUT2D eigenvalue weighted by Gasteiger charge is -2.27. The number of rotatable bonds is 1. The van der Waals surface area contributed by atoms with Gasteiger partial charge in [-0.2, -0.15) is 5.26 Å². The molecule has 0 amide bonds. The number of hydrogen-bond donors (Lipinski definition) is 0. The Morgan fingerprint density at radius 2 is 2.43 bits per heavy atom. The molecule has 1 aliphatic rings. The monoisotopic (exact) mass is 209 g/mol. The second kappa shape index (κ2) is 3.64. The summed E-state index contributed by atoms with van der Waals surface area (Å²) in [6.45, 7) is 3.11. The number of ether oxygens (including phenoxy) is 1. The zero-order chi connectivity index (χ0) is 10.0. The van der Waals surface area contributed by atoms with Gasteiger partial charge >= 0.3 is 0 Å². The fourth-order valence-electron chi connectivity index (χ4n) is 1.59. The van der Waals surface area contributed by atoms with Gasteiger partial charge in [-0.1, -0.05) is 0 Å². The molecule has 0 bridgehead atoms. The van der Waals surface area contributed by atoms with Gasteiger partial charge in [0.1, 0.15) is 15.4 Å². The summed E-state index contributed by atoms with van der Waals surface area (Å²) in [5, 5.41) is 18.9. The summed E-state index contributed by atoms with van der Waals surface area (Å²) in [6.07, 6.45) is 1.75. The van der Waals surface area contributed by atoms with Gasteiger partial charge < -0.3 is 4.74 Å². The standard InChI is InChI=1S/C9H11N3OS/c1-7-11-12-8(14-7)9(5-10)3-2-4-13-6-9/h2-4,6H2,1H3. The normalized spacial score (nSPS) is 27.1. The molecule has 2 rings (SSSR count). The summed E-state index contributed by atoms with van der Waals surface area (Å²) >= 11 is 1.49. The van der Waals surface area contributed by atoms with E-state index in [0.29, 0.717) is 6.61 Å². The summed E-state index contributed by atoms with van der Waals surface area (Å²) in [4.78, 5) is 0. The first-order valence-electron chi connectivity index (χ1n) is 4.56. The first kappa shape index (κ1) is 9.56. The molecule has 1 saturated heterocycles. The molecule has 1 atom stereocenters. The highest BCUT2D eigenvalue weighted by Crippen LogP contribution is 2.33. The van der Waals surface area contributed by atoms with Crippen LogP contribution in [-0.4, -0.2) is 23.4 Å². The van der Waals surface area contributed by atoms with Crippen LogP contribution in [0.4, 0.5) is 0 Å². The van der Waals surface area contributed by atoms with E-state index in [9.17, 15) is 5.26 Å². The maximum atomic E-state index is 9.21. The van der Waals surface area contributed by atoms with Gasteiger partial charge in [0.2, 0.25) is 0 Å². The van der Waals surface area contributed by atoms with Crippen molar-refractivity contribution < 1.29 is 4.74 Å². The second-order valence-electron chi connectivity index (χ2n) is 3.48. The quantitative estimate of drug-likeness (QED) is 0.701. The topological polar surface area (TPSA) is 58.8 Å². The van der Waals surface area contributed by atoms with E-state index in [2.05, 4.69) is 16.3 Å². The van der Waals surface area contributed by atoms with Gasteiger partial charge in [-0.15, -0.1) is 21.5 Å². The van der Waals surface area contributed by atoms with E-state index in [1.807, 2.05) is 6.92 Å². The SMILES string of the molecule is Cc1nnc(C2(C#N)CCCOC2)s1. The molecular weight excluding hydrogens is 198 g/mol. The summed E-state index contributed by atoms with van der Waals surface area (Å²) in [6, 6.07) is 2.33. The highest BCUT2D eigenvalue weighted by atomic mass is 32.1. The maximum Gasteiger partial charge on any atom is 0.140 e. The van der Waals surface area contributed by atoms with Gasteiger partial charge in [0.05, 0.1) is 12.7 Å². The summed E-state index contributed by atoms with van der Waals surface area (Å²) in [5.74, 6) is 0. The molecule has 0 aromatic carbocycles. The minimum atomic E-state index is -0.538. The molecule has 4 nitrogen and oxygen atoms in total. The fourth-order valence-corrected chi connectivity index (χ4v) is 2.43. The average molecular weight is 209 g/mol. The molecule has 1 aromatic rings. The van der Waals surface area contributed by atoms with Crippen molar-refractivity contribution in [2.75, 3.05) is 13.2 Å². The molecule has 0 N–H and O–H groups in total. The molecule has 0 spiro atoms. The number of aromatic nitrogens is 2. The summed E-state index contributed by atoms with van der Waals surface area (Å²) < 4.78 is 5.36. The van der Waals surface area contributed by atoms with Gasteiger partial charge in [0.15, 0.2) is 0 Å². The van der Waals surface area contributed by atoms with Crippen molar-refractivity contribution >= 4 is 11.3 Å². The molecule has 0 aliphatic carbocycles. The van der Waals surface area contributed by atoms with E-state index in [-0.39, 0.29) is 0 Å². The van der Waals surface area contributed by atoms with Gasteiger partial charge in [-0.05, 0) is 19.8 Å². The molecule has 0 radical (unpaired) electrons. The van der Waals surface area contributed by atoms with Crippen molar-refractivity contribution in [2.24, 2.45) is 0 Å². The van der Waals surface area contributed by atoms with Crippen LogP contribution in [0.5, 0.6) is 0 Å². The number of hydrogen-bond acceptors (Lipinski definition) is 5. The third kappa shape index (κ3) is 1.51. The Kier molecular flexibility index (Phi) is 2.48. The molecule has 1 unspecified atom stereocenters. The summed E-state index contributed by atoms with van der Waals surface area (Å²) in [5.41, 5.74) is -0.538. The Hall–Kier alpha value is -0.990. The molecule has 74 valence electrons. The van der Waals surface area contributed by atoms with E-state index < -0.39 is 5.41 Å². The predicted molar refractivity (Wildman–Crippen MR) is 52.0 cm³/mol. The van der Waals surface area contributed by atoms with Gasteiger partial charge in [-0.25, -0.2) is 0 Å². The average Bonchev–Trinajstić information content (AvgIpc) is 2.66. The molecule has 1 aromatic heterocycles. The molecule has 0 saturated carbocycles. The minimum Gasteiger partial charge on any atom is -0.379 e. The second-order valence-corrected chi connectivity index (χ2v) is 4.66. The third-order valence-corrected chi connectivity index (χ3v) is 3.43. The largest absolute Gasteiger partial charge is 0.379 e. The smallest absolute Gasteiger partial charge is 0.140 e.